The van der Waals surface area contributed by atoms with E-state index in [0.29, 0.717) is 5.92 Å². The third kappa shape index (κ3) is 3.29. The number of amides is 2. The molecule has 0 unspecified atom stereocenters. The summed E-state index contributed by atoms with van der Waals surface area (Å²) in [6, 6.07) is 3.73. The van der Waals surface area contributed by atoms with E-state index in [2.05, 4.69) is 15.5 Å². The molecule has 0 spiro atoms. The van der Waals surface area contributed by atoms with Crippen molar-refractivity contribution in [3.8, 4) is 0 Å². The highest BCUT2D eigenvalue weighted by Crippen LogP contribution is 2.19. The Morgan fingerprint density at radius 1 is 1.32 bits per heavy atom. The van der Waals surface area contributed by atoms with E-state index >= 15 is 0 Å². The number of piperidine rings is 1. The fourth-order valence-corrected chi connectivity index (χ4v) is 2.87. The largest absolute Gasteiger partial charge is 0.324 e. The van der Waals surface area contributed by atoms with Crippen LogP contribution in [0.5, 0.6) is 0 Å². The summed E-state index contributed by atoms with van der Waals surface area (Å²) in [6.07, 6.45) is 7.53. The van der Waals surface area contributed by atoms with E-state index in [1.54, 1.807) is 17.1 Å². The second-order valence-electron chi connectivity index (χ2n) is 5.62. The third-order valence-electron chi connectivity index (χ3n) is 4.16. The van der Waals surface area contributed by atoms with Crippen LogP contribution in [0.1, 0.15) is 19.8 Å². The highest BCUT2D eigenvalue weighted by Gasteiger charge is 2.23. The fraction of sp³-hybridized carbons (Fsp3) is 0.533. The number of hydrogen-bond donors (Lipinski definition) is 1. The molecule has 118 valence electrons. The summed E-state index contributed by atoms with van der Waals surface area (Å²) in [6.45, 7) is 5.26. The number of aromatic nitrogens is 4. The molecule has 2 aromatic heterocycles. The Bertz CT molecular complexity index is 597. The normalized spacial score (nSPS) is 16.0. The molecule has 3 rings (SSSR count). The molecule has 1 aliphatic heterocycles. The minimum atomic E-state index is -0.0345. The first-order valence-electron chi connectivity index (χ1n) is 7.81. The highest BCUT2D eigenvalue weighted by atomic mass is 16.2. The van der Waals surface area contributed by atoms with E-state index in [1.165, 1.54) is 0 Å². The Kier molecular flexibility index (Phi) is 4.41. The molecule has 7 nitrogen and oxygen atoms in total. The predicted octanol–water partition coefficient (Wildman–Crippen LogP) is 2.04. The quantitative estimate of drug-likeness (QED) is 0.939. The van der Waals surface area contributed by atoms with E-state index in [1.807, 2.05) is 34.8 Å². The number of nitrogens with one attached hydrogen (secondary N) is 1. The smallest absolute Gasteiger partial charge is 0.322 e. The first-order valence-corrected chi connectivity index (χ1v) is 7.81. The second-order valence-corrected chi connectivity index (χ2v) is 5.62. The van der Waals surface area contributed by atoms with Gasteiger partial charge in [0, 0.05) is 44.6 Å². The molecule has 22 heavy (non-hydrogen) atoms. The molecule has 0 aromatic carbocycles. The summed E-state index contributed by atoms with van der Waals surface area (Å²) in [5.74, 6) is 1.34. The van der Waals surface area contributed by atoms with Crippen LogP contribution in [0.15, 0.2) is 30.7 Å². The first kappa shape index (κ1) is 14.6. The topological polar surface area (TPSA) is 68.0 Å². The number of rotatable bonds is 4. The van der Waals surface area contributed by atoms with Crippen molar-refractivity contribution < 1.29 is 4.79 Å². The zero-order valence-corrected chi connectivity index (χ0v) is 12.9. The summed E-state index contributed by atoms with van der Waals surface area (Å²) < 4.78 is 3.75. The molecule has 0 aliphatic carbocycles. The van der Waals surface area contributed by atoms with Crippen molar-refractivity contribution in [1.82, 2.24) is 24.5 Å². The van der Waals surface area contributed by atoms with Crippen molar-refractivity contribution in [2.45, 2.75) is 32.9 Å². The number of likely N-dealkylation sites (tertiary alicyclic amines) is 1. The zero-order valence-electron chi connectivity index (χ0n) is 12.9. The molecule has 0 saturated carbocycles. The molecular weight excluding hydrogens is 280 g/mol. The van der Waals surface area contributed by atoms with Crippen LogP contribution in [0.4, 0.5) is 10.6 Å². The monoisotopic (exact) mass is 302 g/mol. The lowest BCUT2D eigenvalue weighted by molar-refractivity contribution is 0.175. The maximum Gasteiger partial charge on any atom is 0.322 e. The van der Waals surface area contributed by atoms with Crippen LogP contribution in [0.2, 0.25) is 0 Å². The molecule has 0 radical (unpaired) electrons. The Balaban J connectivity index is 1.49. The Morgan fingerprint density at radius 3 is 2.82 bits per heavy atom. The predicted molar refractivity (Wildman–Crippen MR) is 83.4 cm³/mol. The number of carbonyl (C=O) groups is 1. The van der Waals surface area contributed by atoms with Crippen molar-refractivity contribution >= 4 is 11.8 Å². The minimum Gasteiger partial charge on any atom is -0.324 e. The van der Waals surface area contributed by atoms with E-state index in [0.717, 1.165) is 44.8 Å². The molecule has 2 aromatic rings. The van der Waals surface area contributed by atoms with Crippen molar-refractivity contribution in [2.24, 2.45) is 5.92 Å². The minimum absolute atomic E-state index is 0.0345. The van der Waals surface area contributed by atoms with Crippen molar-refractivity contribution in [2.75, 3.05) is 18.4 Å². The van der Waals surface area contributed by atoms with Gasteiger partial charge in [0.15, 0.2) is 0 Å². The Morgan fingerprint density at radius 2 is 2.14 bits per heavy atom. The van der Waals surface area contributed by atoms with Gasteiger partial charge in [-0.3, -0.25) is 10.00 Å². The Hall–Kier alpha value is -2.31. The van der Waals surface area contributed by atoms with Gasteiger partial charge < -0.3 is 4.90 Å². The molecule has 1 aliphatic rings. The van der Waals surface area contributed by atoms with Crippen LogP contribution >= 0.6 is 0 Å². The average molecular weight is 302 g/mol. The van der Waals surface area contributed by atoms with Crippen LogP contribution in [0.3, 0.4) is 0 Å². The van der Waals surface area contributed by atoms with Gasteiger partial charge in [0.05, 0.1) is 6.20 Å². The van der Waals surface area contributed by atoms with Crippen LogP contribution in [0, 0.1) is 5.92 Å². The lowest BCUT2D eigenvalue weighted by atomic mass is 9.97. The first-order chi connectivity index (χ1) is 10.8. The lowest BCUT2D eigenvalue weighted by Gasteiger charge is -2.32. The van der Waals surface area contributed by atoms with Gasteiger partial charge in [0.25, 0.3) is 0 Å². The summed E-state index contributed by atoms with van der Waals surface area (Å²) in [5.41, 5.74) is 0. The maximum atomic E-state index is 12.3. The zero-order chi connectivity index (χ0) is 15.4. The van der Waals surface area contributed by atoms with Crippen molar-refractivity contribution in [1.29, 1.82) is 0 Å². The standard InChI is InChI=1S/C15H22N6O/c1-2-21-14(4-8-17-21)18-15(22)19-10-5-13(6-11-19)12-20-9-3-7-16-20/h3-4,7-9,13H,2,5-6,10-12H2,1H3,(H,18,22). The van der Waals surface area contributed by atoms with Crippen LogP contribution in [-0.4, -0.2) is 43.6 Å². The summed E-state index contributed by atoms with van der Waals surface area (Å²) in [5, 5.41) is 11.3. The number of hydrogen-bond acceptors (Lipinski definition) is 3. The van der Waals surface area contributed by atoms with Gasteiger partial charge in [-0.25, -0.2) is 9.48 Å². The lowest BCUT2D eigenvalue weighted by Crippen LogP contribution is -2.42. The van der Waals surface area contributed by atoms with Crippen LogP contribution in [-0.2, 0) is 13.1 Å². The van der Waals surface area contributed by atoms with Gasteiger partial charge >= 0.3 is 6.03 Å². The molecule has 0 atom stereocenters. The van der Waals surface area contributed by atoms with Gasteiger partial charge in [-0.1, -0.05) is 0 Å². The van der Waals surface area contributed by atoms with Gasteiger partial charge in [0.1, 0.15) is 5.82 Å². The SMILES string of the molecule is CCn1nccc1NC(=O)N1CCC(Cn2cccn2)CC1. The molecule has 1 saturated heterocycles. The highest BCUT2D eigenvalue weighted by molar-refractivity contribution is 5.88. The fourth-order valence-electron chi connectivity index (χ4n) is 2.87. The average Bonchev–Trinajstić information content (AvgIpc) is 3.19. The van der Waals surface area contributed by atoms with Crippen LogP contribution in [0.25, 0.3) is 0 Å². The number of aryl methyl sites for hydroxylation is 1. The number of anilines is 1. The van der Waals surface area contributed by atoms with Crippen molar-refractivity contribution in [3.63, 3.8) is 0 Å². The summed E-state index contributed by atoms with van der Waals surface area (Å²) in [4.78, 5) is 14.2. The second kappa shape index (κ2) is 6.64. The van der Waals surface area contributed by atoms with E-state index in [-0.39, 0.29) is 6.03 Å². The molecule has 7 heteroatoms. The molecule has 1 fully saturated rings. The van der Waals surface area contributed by atoms with Gasteiger partial charge in [0.2, 0.25) is 0 Å². The van der Waals surface area contributed by atoms with Crippen LogP contribution < -0.4 is 5.32 Å². The molecule has 1 N–H and O–H groups in total. The Labute approximate surface area is 129 Å². The van der Waals surface area contributed by atoms with E-state index in [4.69, 9.17) is 0 Å². The number of urea groups is 1. The summed E-state index contributed by atoms with van der Waals surface area (Å²) >= 11 is 0. The number of nitrogens with zero attached hydrogens (tertiary/aromatic N) is 5. The van der Waals surface area contributed by atoms with Crippen molar-refractivity contribution in [3.05, 3.63) is 30.7 Å². The van der Waals surface area contributed by atoms with E-state index < -0.39 is 0 Å². The van der Waals surface area contributed by atoms with Gasteiger partial charge in [-0.05, 0) is 31.7 Å². The third-order valence-corrected chi connectivity index (χ3v) is 4.16. The maximum absolute atomic E-state index is 12.3. The van der Waals surface area contributed by atoms with E-state index in [9.17, 15) is 4.79 Å². The van der Waals surface area contributed by atoms with Gasteiger partial charge in [-0.15, -0.1) is 0 Å². The molecule has 0 bridgehead atoms. The molecular formula is C15H22N6O. The molecule has 2 amide bonds. The number of carbonyl (C=O) groups excluding carboxylic acids is 1. The van der Waals surface area contributed by atoms with Gasteiger partial charge in [-0.2, -0.15) is 10.2 Å². The summed E-state index contributed by atoms with van der Waals surface area (Å²) in [7, 11) is 0. The molecule has 3 heterocycles.